The molecule has 1 N–H and O–H groups in total. The first-order chi connectivity index (χ1) is 10.5. The van der Waals surface area contributed by atoms with Crippen molar-refractivity contribution in [3.05, 3.63) is 54.4 Å². The van der Waals surface area contributed by atoms with Crippen molar-refractivity contribution in [2.45, 2.75) is 18.6 Å². The van der Waals surface area contributed by atoms with Crippen LogP contribution in [0.25, 0.3) is 10.4 Å². The SMILES string of the molecule is [N-]=[N+]=N[C@@H]1COC[C@H]1NCc1ccc([N+](=O)[O-])cc1[N+](=O)[O-]. The molecule has 1 aliphatic heterocycles. The van der Waals surface area contributed by atoms with Gasteiger partial charge < -0.3 is 10.1 Å². The molecule has 0 unspecified atom stereocenters. The molecular formula is C11H12N6O5. The molecule has 116 valence electrons. The summed E-state index contributed by atoms with van der Waals surface area (Å²) in [5.74, 6) is 0. The smallest absolute Gasteiger partial charge is 0.280 e. The second-order valence-electron chi connectivity index (χ2n) is 4.62. The quantitative estimate of drug-likeness (QED) is 0.277. The van der Waals surface area contributed by atoms with Crippen LogP contribution >= 0.6 is 0 Å². The van der Waals surface area contributed by atoms with Crippen molar-refractivity contribution in [2.24, 2.45) is 5.11 Å². The minimum Gasteiger partial charge on any atom is -0.379 e. The summed E-state index contributed by atoms with van der Waals surface area (Å²) in [6.45, 7) is 0.717. The average molecular weight is 308 g/mol. The van der Waals surface area contributed by atoms with Gasteiger partial charge in [0.1, 0.15) is 0 Å². The molecule has 0 amide bonds. The number of hydrogen-bond acceptors (Lipinski definition) is 7. The van der Waals surface area contributed by atoms with E-state index in [0.717, 1.165) is 6.07 Å². The number of rotatable bonds is 6. The Bertz CT molecular complexity index is 644. The zero-order valence-corrected chi connectivity index (χ0v) is 11.3. The first-order valence-electron chi connectivity index (χ1n) is 6.30. The third-order valence-electron chi connectivity index (χ3n) is 3.28. The van der Waals surface area contributed by atoms with Crippen LogP contribution in [0.1, 0.15) is 5.56 Å². The van der Waals surface area contributed by atoms with Crippen molar-refractivity contribution < 1.29 is 14.6 Å². The van der Waals surface area contributed by atoms with Gasteiger partial charge in [0.15, 0.2) is 0 Å². The lowest BCUT2D eigenvalue weighted by Gasteiger charge is -2.14. The predicted molar refractivity (Wildman–Crippen MR) is 74.1 cm³/mol. The van der Waals surface area contributed by atoms with E-state index in [-0.39, 0.29) is 36.6 Å². The Morgan fingerprint density at radius 3 is 2.77 bits per heavy atom. The molecule has 0 radical (unpaired) electrons. The molecule has 0 saturated carbocycles. The number of nitrogens with zero attached hydrogens (tertiary/aromatic N) is 5. The van der Waals surface area contributed by atoms with Crippen LogP contribution in [0, 0.1) is 20.2 Å². The lowest BCUT2D eigenvalue weighted by Crippen LogP contribution is -2.37. The van der Waals surface area contributed by atoms with E-state index in [1.54, 1.807) is 0 Å². The molecule has 1 aliphatic rings. The fourth-order valence-electron chi connectivity index (χ4n) is 2.14. The third kappa shape index (κ3) is 3.47. The van der Waals surface area contributed by atoms with E-state index in [2.05, 4.69) is 15.3 Å². The molecule has 1 aromatic carbocycles. The summed E-state index contributed by atoms with van der Waals surface area (Å²) in [7, 11) is 0. The van der Waals surface area contributed by atoms with Crippen molar-refractivity contribution in [3.8, 4) is 0 Å². The van der Waals surface area contributed by atoms with E-state index in [1.165, 1.54) is 12.1 Å². The minimum absolute atomic E-state index is 0.111. The van der Waals surface area contributed by atoms with Gasteiger partial charge in [-0.25, -0.2) is 0 Å². The van der Waals surface area contributed by atoms with Gasteiger partial charge in [-0.15, -0.1) is 0 Å². The molecule has 11 heteroatoms. The second-order valence-corrected chi connectivity index (χ2v) is 4.62. The van der Waals surface area contributed by atoms with E-state index in [9.17, 15) is 20.2 Å². The molecule has 0 spiro atoms. The van der Waals surface area contributed by atoms with Crippen LogP contribution in [0.3, 0.4) is 0 Å². The largest absolute Gasteiger partial charge is 0.379 e. The Morgan fingerprint density at radius 1 is 1.36 bits per heavy atom. The summed E-state index contributed by atoms with van der Waals surface area (Å²) in [4.78, 5) is 23.1. The monoisotopic (exact) mass is 308 g/mol. The van der Waals surface area contributed by atoms with Crippen LogP contribution in [0.2, 0.25) is 0 Å². The lowest BCUT2D eigenvalue weighted by atomic mass is 10.1. The third-order valence-corrected chi connectivity index (χ3v) is 3.28. The standard InChI is InChI=1S/C11H12N6O5/c12-15-14-10-6-22-5-9(10)13-4-7-1-2-8(16(18)19)3-11(7)17(20)21/h1-3,9-10,13H,4-6H2/t9-,10-/m1/s1. The van der Waals surface area contributed by atoms with Gasteiger partial charge in [-0.1, -0.05) is 5.11 Å². The van der Waals surface area contributed by atoms with E-state index in [0.29, 0.717) is 12.2 Å². The number of hydrogen-bond donors (Lipinski definition) is 1. The Kier molecular flexibility index (Phi) is 4.84. The maximum Gasteiger partial charge on any atom is 0.280 e. The van der Waals surface area contributed by atoms with E-state index < -0.39 is 9.85 Å². The van der Waals surface area contributed by atoms with Crippen molar-refractivity contribution in [1.82, 2.24) is 5.32 Å². The Morgan fingerprint density at radius 2 is 2.14 bits per heavy atom. The van der Waals surface area contributed by atoms with Gasteiger partial charge in [-0.05, 0) is 11.6 Å². The fourth-order valence-corrected chi connectivity index (χ4v) is 2.14. The number of ether oxygens (including phenoxy) is 1. The summed E-state index contributed by atoms with van der Waals surface area (Å²) < 4.78 is 5.19. The van der Waals surface area contributed by atoms with Crippen LogP contribution < -0.4 is 5.32 Å². The topological polar surface area (TPSA) is 156 Å². The maximum absolute atomic E-state index is 11.0. The first kappa shape index (κ1) is 15.6. The minimum atomic E-state index is -0.688. The van der Waals surface area contributed by atoms with Crippen molar-refractivity contribution in [2.75, 3.05) is 13.2 Å². The molecule has 0 aliphatic carbocycles. The average Bonchev–Trinajstić information content (AvgIpc) is 2.92. The predicted octanol–water partition coefficient (Wildman–Crippen LogP) is 1.67. The molecule has 1 heterocycles. The first-order valence-corrected chi connectivity index (χ1v) is 6.30. The highest BCUT2D eigenvalue weighted by Gasteiger charge is 2.28. The maximum atomic E-state index is 11.0. The molecule has 11 nitrogen and oxygen atoms in total. The van der Waals surface area contributed by atoms with Crippen LogP contribution in [-0.2, 0) is 11.3 Å². The molecule has 2 rings (SSSR count). The van der Waals surface area contributed by atoms with Crippen molar-refractivity contribution >= 4 is 11.4 Å². The molecular weight excluding hydrogens is 296 g/mol. The normalized spacial score (nSPS) is 20.4. The van der Waals surface area contributed by atoms with Gasteiger partial charge in [-0.3, -0.25) is 20.2 Å². The lowest BCUT2D eigenvalue weighted by molar-refractivity contribution is -0.394. The van der Waals surface area contributed by atoms with E-state index >= 15 is 0 Å². The number of benzene rings is 1. The Balaban J connectivity index is 2.14. The van der Waals surface area contributed by atoms with Gasteiger partial charge in [-0.2, -0.15) is 0 Å². The number of nitro benzene ring substituents is 2. The van der Waals surface area contributed by atoms with Crippen LogP contribution in [0.4, 0.5) is 11.4 Å². The fraction of sp³-hybridized carbons (Fsp3) is 0.455. The summed E-state index contributed by atoms with van der Waals surface area (Å²) >= 11 is 0. The Hall–Kier alpha value is -2.75. The highest BCUT2D eigenvalue weighted by Crippen LogP contribution is 2.25. The second kappa shape index (κ2) is 6.80. The molecule has 2 atom stereocenters. The zero-order valence-electron chi connectivity index (χ0n) is 11.3. The van der Waals surface area contributed by atoms with Gasteiger partial charge in [0.25, 0.3) is 11.4 Å². The highest BCUT2D eigenvalue weighted by molar-refractivity contribution is 5.49. The molecule has 0 bridgehead atoms. The summed E-state index contributed by atoms with van der Waals surface area (Å²) in [6, 6.07) is 2.82. The number of non-ortho nitro benzene ring substituents is 1. The Labute approximate surface area is 123 Å². The van der Waals surface area contributed by atoms with Crippen LogP contribution in [0.15, 0.2) is 23.3 Å². The van der Waals surface area contributed by atoms with Crippen LogP contribution in [-0.4, -0.2) is 35.1 Å². The van der Waals surface area contributed by atoms with Gasteiger partial charge >= 0.3 is 0 Å². The van der Waals surface area contributed by atoms with Crippen LogP contribution in [0.5, 0.6) is 0 Å². The number of nitro groups is 2. The van der Waals surface area contributed by atoms with Gasteiger partial charge in [0.2, 0.25) is 0 Å². The summed E-state index contributed by atoms with van der Waals surface area (Å²) in [5, 5.41) is 28.3. The van der Waals surface area contributed by atoms with Crippen molar-refractivity contribution in [3.63, 3.8) is 0 Å². The molecule has 22 heavy (non-hydrogen) atoms. The van der Waals surface area contributed by atoms with Gasteiger partial charge in [0, 0.05) is 29.1 Å². The summed E-state index contributed by atoms with van der Waals surface area (Å²) in [5.41, 5.74) is 8.09. The number of nitrogens with one attached hydrogen (secondary N) is 1. The van der Waals surface area contributed by atoms with E-state index in [1.807, 2.05) is 0 Å². The van der Waals surface area contributed by atoms with Gasteiger partial charge in [0.05, 0.1) is 35.2 Å². The molecule has 1 fully saturated rings. The molecule has 1 saturated heterocycles. The molecule has 1 aromatic rings. The van der Waals surface area contributed by atoms with Crippen molar-refractivity contribution in [1.29, 1.82) is 0 Å². The van der Waals surface area contributed by atoms with E-state index in [4.69, 9.17) is 10.3 Å². The zero-order chi connectivity index (χ0) is 16.1. The summed E-state index contributed by atoms with van der Waals surface area (Å²) in [6.07, 6.45) is 0. The highest BCUT2D eigenvalue weighted by atomic mass is 16.6. The molecule has 0 aromatic heterocycles. The number of azide groups is 1.